The smallest absolute Gasteiger partial charge is 0.488 e. The number of fused-ring (bicyclic) bond motifs is 1. The number of halogens is 3. The zero-order valence-corrected chi connectivity index (χ0v) is 17.4. The van der Waals surface area contributed by atoms with E-state index in [4.69, 9.17) is 30.9 Å². The zero-order valence-electron chi connectivity index (χ0n) is 16.7. The Hall–Kier alpha value is -3.52. The molecular formula is C23H18ClF2NO5. The number of hydrogen-bond acceptors (Lipinski definition) is 5. The summed E-state index contributed by atoms with van der Waals surface area (Å²) in [5.74, 6) is -0.415. The van der Waals surface area contributed by atoms with E-state index in [0.29, 0.717) is 41.9 Å². The van der Waals surface area contributed by atoms with Crippen molar-refractivity contribution in [2.24, 2.45) is 0 Å². The van der Waals surface area contributed by atoms with Crippen molar-refractivity contribution in [1.29, 1.82) is 0 Å². The summed E-state index contributed by atoms with van der Waals surface area (Å²) >= 11 is 6.19. The molecule has 4 rings (SSSR count). The number of benzene rings is 3. The van der Waals surface area contributed by atoms with E-state index in [9.17, 15) is 13.6 Å². The second-order valence-electron chi connectivity index (χ2n) is 7.02. The first-order valence-corrected chi connectivity index (χ1v) is 10.0. The number of nitrogens with zero attached hydrogens (tertiary/aromatic N) is 1. The van der Waals surface area contributed by atoms with Crippen LogP contribution >= 0.6 is 11.6 Å². The minimum Gasteiger partial charge on any atom is -0.488 e. The normalized spacial score (nSPS) is 12.7. The van der Waals surface area contributed by atoms with E-state index in [1.165, 1.54) is 18.2 Å². The maximum atomic E-state index is 14.0. The van der Waals surface area contributed by atoms with Gasteiger partial charge < -0.3 is 24.2 Å². The summed E-state index contributed by atoms with van der Waals surface area (Å²) < 4.78 is 43.4. The fourth-order valence-corrected chi connectivity index (χ4v) is 3.62. The van der Waals surface area contributed by atoms with Crippen molar-refractivity contribution in [2.45, 2.75) is 13.2 Å². The molecule has 0 unspecified atom stereocenters. The number of anilines is 1. The molecule has 0 atom stereocenters. The van der Waals surface area contributed by atoms with Gasteiger partial charge in [-0.05, 0) is 42.5 Å². The average Bonchev–Trinajstić information content (AvgIpc) is 2.74. The highest BCUT2D eigenvalue weighted by atomic mass is 35.5. The summed E-state index contributed by atoms with van der Waals surface area (Å²) in [5, 5.41) is 9.45. The Morgan fingerprint density at radius 2 is 1.94 bits per heavy atom. The summed E-state index contributed by atoms with van der Waals surface area (Å²) in [6.07, 6.45) is -1.43. The van der Waals surface area contributed by atoms with Gasteiger partial charge in [0.15, 0.2) is 11.5 Å². The largest absolute Gasteiger partial charge is 0.511 e. The zero-order chi connectivity index (χ0) is 22.7. The molecule has 1 heterocycles. The molecule has 0 bridgehead atoms. The molecule has 1 N–H and O–H groups in total. The molecule has 0 spiro atoms. The van der Waals surface area contributed by atoms with Crippen LogP contribution in [0.2, 0.25) is 5.02 Å². The van der Waals surface area contributed by atoms with Crippen molar-refractivity contribution >= 4 is 23.4 Å². The Balaban J connectivity index is 1.58. The van der Waals surface area contributed by atoms with Gasteiger partial charge >= 0.3 is 6.16 Å². The molecule has 166 valence electrons. The van der Waals surface area contributed by atoms with Gasteiger partial charge in [0.25, 0.3) is 0 Å². The van der Waals surface area contributed by atoms with Crippen LogP contribution in [-0.4, -0.2) is 24.4 Å². The third-order valence-corrected chi connectivity index (χ3v) is 5.12. The second-order valence-corrected chi connectivity index (χ2v) is 7.46. The number of carbonyl (C=O) groups is 1. The van der Waals surface area contributed by atoms with Crippen molar-refractivity contribution in [3.8, 4) is 17.2 Å². The van der Waals surface area contributed by atoms with Crippen molar-refractivity contribution in [1.82, 2.24) is 0 Å². The van der Waals surface area contributed by atoms with Gasteiger partial charge in [-0.15, -0.1) is 0 Å². The first-order chi connectivity index (χ1) is 15.4. The van der Waals surface area contributed by atoms with Gasteiger partial charge in [-0.2, -0.15) is 0 Å². The molecule has 0 fully saturated rings. The fourth-order valence-electron chi connectivity index (χ4n) is 3.43. The highest BCUT2D eigenvalue weighted by molar-refractivity contribution is 6.30. The Bertz CT molecular complexity index is 1160. The average molecular weight is 462 g/mol. The highest BCUT2D eigenvalue weighted by Crippen LogP contribution is 2.41. The van der Waals surface area contributed by atoms with E-state index in [2.05, 4.69) is 0 Å². The third kappa shape index (κ3) is 4.86. The van der Waals surface area contributed by atoms with Gasteiger partial charge in [-0.3, -0.25) is 0 Å². The molecule has 0 saturated carbocycles. The Labute approximate surface area is 187 Å². The van der Waals surface area contributed by atoms with Gasteiger partial charge in [0, 0.05) is 28.8 Å². The van der Waals surface area contributed by atoms with E-state index < -0.39 is 17.8 Å². The van der Waals surface area contributed by atoms with Gasteiger partial charge in [-0.1, -0.05) is 17.7 Å². The molecule has 3 aromatic rings. The number of rotatable bonds is 6. The maximum Gasteiger partial charge on any atom is 0.511 e. The van der Waals surface area contributed by atoms with Crippen LogP contribution in [0.25, 0.3) is 0 Å². The van der Waals surface area contributed by atoms with Crippen molar-refractivity contribution in [3.05, 3.63) is 82.4 Å². The number of ether oxygens (including phenoxy) is 3. The van der Waals surface area contributed by atoms with Gasteiger partial charge in [0.2, 0.25) is 0 Å². The highest BCUT2D eigenvalue weighted by Gasteiger charge is 2.24. The number of hydrogen-bond donors (Lipinski definition) is 1. The van der Waals surface area contributed by atoms with Crippen LogP contribution in [0.1, 0.15) is 11.1 Å². The Kier molecular flexibility index (Phi) is 6.32. The molecule has 0 aromatic heterocycles. The Morgan fingerprint density at radius 3 is 2.72 bits per heavy atom. The minimum atomic E-state index is -1.43. The predicted molar refractivity (Wildman–Crippen MR) is 114 cm³/mol. The third-order valence-electron chi connectivity index (χ3n) is 4.89. The maximum absolute atomic E-state index is 14.0. The molecule has 0 radical (unpaired) electrons. The van der Waals surface area contributed by atoms with E-state index >= 15 is 0 Å². The van der Waals surface area contributed by atoms with Crippen LogP contribution in [0.4, 0.5) is 19.3 Å². The molecule has 0 amide bonds. The van der Waals surface area contributed by atoms with Crippen molar-refractivity contribution < 1.29 is 32.9 Å². The lowest BCUT2D eigenvalue weighted by molar-refractivity contribution is 0.142. The summed E-state index contributed by atoms with van der Waals surface area (Å²) in [6, 6.07) is 13.4. The second kappa shape index (κ2) is 9.32. The quantitative estimate of drug-likeness (QED) is 0.378. The standard InChI is InChI=1S/C23H18ClF2NO5/c24-16-5-7-20(31-13-14-4-6-17(25)11-18(14)26)15(10-16)12-27-8-9-30-22-19(27)2-1-3-21(22)32-23(28)29/h1-7,10-11H,8-9,12-13H2,(H,28,29). The van der Waals surface area contributed by atoms with Crippen LogP contribution in [0, 0.1) is 11.6 Å². The molecule has 0 aliphatic carbocycles. The van der Waals surface area contributed by atoms with Crippen LogP contribution in [0.3, 0.4) is 0 Å². The van der Waals surface area contributed by atoms with Crippen LogP contribution in [-0.2, 0) is 13.2 Å². The lowest BCUT2D eigenvalue weighted by Crippen LogP contribution is -2.32. The molecule has 1 aliphatic rings. The lowest BCUT2D eigenvalue weighted by atomic mass is 10.1. The predicted octanol–water partition coefficient (Wildman–Crippen LogP) is 5.65. The fraction of sp³-hybridized carbons (Fsp3) is 0.174. The Morgan fingerprint density at radius 1 is 1.09 bits per heavy atom. The summed E-state index contributed by atoms with van der Waals surface area (Å²) in [6.45, 7) is 1.14. The number of carboxylic acid groups (broad SMARTS) is 1. The van der Waals surface area contributed by atoms with Crippen LogP contribution in [0.5, 0.6) is 17.2 Å². The van der Waals surface area contributed by atoms with E-state index in [1.807, 2.05) is 4.90 Å². The SMILES string of the molecule is O=C(O)Oc1cccc2c1OCCN2Cc1cc(Cl)ccc1OCc1ccc(F)cc1F. The van der Waals surface area contributed by atoms with Gasteiger partial charge in [-0.25, -0.2) is 13.6 Å². The molecular weight excluding hydrogens is 444 g/mol. The first-order valence-electron chi connectivity index (χ1n) is 9.67. The summed E-state index contributed by atoms with van der Waals surface area (Å²) in [4.78, 5) is 12.9. The van der Waals surface area contributed by atoms with E-state index in [1.54, 1.807) is 30.3 Å². The molecule has 32 heavy (non-hydrogen) atoms. The molecule has 6 nitrogen and oxygen atoms in total. The molecule has 3 aromatic carbocycles. The van der Waals surface area contributed by atoms with Crippen molar-refractivity contribution in [2.75, 3.05) is 18.1 Å². The van der Waals surface area contributed by atoms with Crippen LogP contribution < -0.4 is 19.1 Å². The van der Waals surface area contributed by atoms with Gasteiger partial charge in [0.05, 0.1) is 12.2 Å². The van der Waals surface area contributed by atoms with E-state index in [0.717, 1.165) is 11.6 Å². The van der Waals surface area contributed by atoms with Crippen molar-refractivity contribution in [3.63, 3.8) is 0 Å². The van der Waals surface area contributed by atoms with E-state index in [-0.39, 0.29) is 17.9 Å². The topological polar surface area (TPSA) is 68.2 Å². The lowest BCUT2D eigenvalue weighted by Gasteiger charge is -2.32. The minimum absolute atomic E-state index is 0.0863. The summed E-state index contributed by atoms with van der Waals surface area (Å²) in [7, 11) is 0. The monoisotopic (exact) mass is 461 g/mol. The molecule has 0 saturated heterocycles. The molecule has 1 aliphatic heterocycles. The first kappa shape index (κ1) is 21.7. The number of para-hydroxylation sites is 1. The van der Waals surface area contributed by atoms with Crippen LogP contribution in [0.15, 0.2) is 54.6 Å². The molecule has 9 heteroatoms. The summed E-state index contributed by atoms with van der Waals surface area (Å²) in [5.41, 5.74) is 1.61. The van der Waals surface area contributed by atoms with Gasteiger partial charge in [0.1, 0.15) is 30.6 Å².